The van der Waals surface area contributed by atoms with Crippen molar-refractivity contribution in [3.05, 3.63) is 52.1 Å². The summed E-state index contributed by atoms with van der Waals surface area (Å²) >= 11 is 0. The van der Waals surface area contributed by atoms with E-state index in [4.69, 9.17) is 0 Å². The van der Waals surface area contributed by atoms with Gasteiger partial charge < -0.3 is 0 Å². The lowest BCUT2D eigenvalue weighted by Crippen LogP contribution is -2.38. The summed E-state index contributed by atoms with van der Waals surface area (Å²) < 4.78 is 0. The van der Waals surface area contributed by atoms with Gasteiger partial charge in [0.1, 0.15) is 5.78 Å². The van der Waals surface area contributed by atoms with Crippen LogP contribution in [0.2, 0.25) is 0 Å². The molecular weight excluding hydrogens is 242 g/mol. The quantitative estimate of drug-likeness (QED) is 0.618. The van der Waals surface area contributed by atoms with Gasteiger partial charge in [-0.25, -0.2) is 0 Å². The Hall–Kier alpha value is -1.97. The molecule has 0 aliphatic heterocycles. The highest BCUT2D eigenvalue weighted by Gasteiger charge is 2.62. The van der Waals surface area contributed by atoms with Gasteiger partial charge in [0.25, 0.3) is 5.54 Å². The monoisotopic (exact) mass is 257 g/mol. The van der Waals surface area contributed by atoms with Crippen LogP contribution >= 0.6 is 0 Å². The van der Waals surface area contributed by atoms with E-state index < -0.39 is 5.54 Å². The van der Waals surface area contributed by atoms with Crippen molar-refractivity contribution < 1.29 is 9.72 Å². The molecule has 2 atom stereocenters. The summed E-state index contributed by atoms with van der Waals surface area (Å²) in [6, 6.07) is 9.43. The second kappa shape index (κ2) is 4.30. The zero-order chi connectivity index (χ0) is 13.5. The third-order valence-electron chi connectivity index (χ3n) is 4.20. The van der Waals surface area contributed by atoms with E-state index >= 15 is 0 Å². The number of Topliss-reactive ketones (excluding diaryl/α,β-unsaturated/α-hetero) is 1. The summed E-state index contributed by atoms with van der Waals surface area (Å²) in [4.78, 5) is 22.9. The Balaban J connectivity index is 1.88. The van der Waals surface area contributed by atoms with Gasteiger partial charge in [0.15, 0.2) is 0 Å². The maximum atomic E-state index is 11.6. The summed E-state index contributed by atoms with van der Waals surface area (Å²) in [7, 11) is 0. The van der Waals surface area contributed by atoms with Crippen molar-refractivity contribution in [2.45, 2.75) is 31.2 Å². The molecule has 0 amide bonds. The molecule has 0 unspecified atom stereocenters. The second-order valence-corrected chi connectivity index (χ2v) is 5.34. The number of carbonyl (C=O) groups excluding carboxylic acids is 1. The Kier molecular flexibility index (Phi) is 2.73. The van der Waals surface area contributed by atoms with Crippen molar-refractivity contribution in [1.82, 2.24) is 0 Å². The van der Waals surface area contributed by atoms with E-state index in [9.17, 15) is 14.9 Å². The fourth-order valence-electron chi connectivity index (χ4n) is 3.15. The Morgan fingerprint density at radius 1 is 1.26 bits per heavy atom. The lowest BCUT2D eigenvalue weighted by molar-refractivity contribution is -0.536. The lowest BCUT2D eigenvalue weighted by atomic mass is 9.78. The molecule has 19 heavy (non-hydrogen) atoms. The van der Waals surface area contributed by atoms with Crippen molar-refractivity contribution >= 4 is 11.4 Å². The van der Waals surface area contributed by atoms with Gasteiger partial charge in [0.2, 0.25) is 0 Å². The van der Waals surface area contributed by atoms with Gasteiger partial charge in [-0.3, -0.25) is 14.9 Å². The fraction of sp³-hybridized carbons (Fsp3) is 0.400. The fourth-order valence-corrected chi connectivity index (χ4v) is 3.15. The highest BCUT2D eigenvalue weighted by Crippen LogP contribution is 2.53. The Morgan fingerprint density at radius 3 is 2.63 bits per heavy atom. The molecular formula is C15H15NO3. The standard InChI is InChI=1S/C15H15NO3/c17-13-8-4-7-12(9-13)15(16(18)19)10-14(15)11-5-2-1-3-6-11/h1-3,5-6,10,12H,4,7-9H2/t12-,15-/m0/s1. The summed E-state index contributed by atoms with van der Waals surface area (Å²) in [5.41, 5.74) is 0.590. The van der Waals surface area contributed by atoms with Crippen molar-refractivity contribution in [3.63, 3.8) is 0 Å². The van der Waals surface area contributed by atoms with E-state index in [1.807, 2.05) is 30.3 Å². The highest BCUT2D eigenvalue weighted by molar-refractivity contribution is 5.89. The molecule has 3 rings (SSSR count). The van der Waals surface area contributed by atoms with Crippen molar-refractivity contribution in [2.75, 3.05) is 0 Å². The van der Waals surface area contributed by atoms with Crippen LogP contribution in [0.1, 0.15) is 31.2 Å². The van der Waals surface area contributed by atoms with E-state index in [1.165, 1.54) is 0 Å². The summed E-state index contributed by atoms with van der Waals surface area (Å²) in [5, 5.41) is 11.5. The van der Waals surface area contributed by atoms with Crippen LogP contribution in [0.5, 0.6) is 0 Å². The van der Waals surface area contributed by atoms with Gasteiger partial charge in [0.05, 0.1) is 0 Å². The van der Waals surface area contributed by atoms with Crippen molar-refractivity contribution in [1.29, 1.82) is 0 Å². The number of nitrogens with zero attached hydrogens (tertiary/aromatic N) is 1. The van der Waals surface area contributed by atoms with Gasteiger partial charge in [-0.05, 0) is 18.4 Å². The van der Waals surface area contributed by atoms with Crippen LogP contribution in [0.3, 0.4) is 0 Å². The van der Waals surface area contributed by atoms with Gasteiger partial charge >= 0.3 is 0 Å². The second-order valence-electron chi connectivity index (χ2n) is 5.34. The maximum Gasteiger partial charge on any atom is 0.269 e. The van der Waals surface area contributed by atoms with Crippen LogP contribution in [0.25, 0.3) is 5.57 Å². The first kappa shape index (κ1) is 12.1. The first-order valence-electron chi connectivity index (χ1n) is 6.59. The molecule has 0 radical (unpaired) electrons. The number of benzene rings is 1. The number of carbonyl (C=O) groups is 1. The minimum absolute atomic E-state index is 0.158. The van der Waals surface area contributed by atoms with E-state index in [1.54, 1.807) is 6.08 Å². The van der Waals surface area contributed by atoms with Gasteiger partial charge in [-0.2, -0.15) is 0 Å². The third-order valence-corrected chi connectivity index (χ3v) is 4.20. The summed E-state index contributed by atoms with van der Waals surface area (Å²) in [5.74, 6) is -0.0101. The molecule has 0 N–H and O–H groups in total. The Morgan fingerprint density at radius 2 is 2.00 bits per heavy atom. The average Bonchev–Trinajstić information content (AvgIpc) is 3.16. The SMILES string of the molecule is O=C1CCC[C@H]([C@@]2([N+](=O)[O-])C=C2c2ccccc2)C1. The lowest BCUT2D eigenvalue weighted by Gasteiger charge is -2.25. The number of hydrogen-bond acceptors (Lipinski definition) is 3. The Bertz CT molecular complexity index is 564. The zero-order valence-corrected chi connectivity index (χ0v) is 10.5. The van der Waals surface area contributed by atoms with Gasteiger partial charge in [-0.15, -0.1) is 0 Å². The van der Waals surface area contributed by atoms with E-state index in [0.29, 0.717) is 12.8 Å². The molecule has 0 spiro atoms. The normalized spacial score (nSPS) is 29.8. The molecule has 2 aliphatic carbocycles. The smallest absolute Gasteiger partial charge is 0.269 e. The number of hydrogen-bond donors (Lipinski definition) is 0. The van der Waals surface area contributed by atoms with Crippen LogP contribution < -0.4 is 0 Å². The van der Waals surface area contributed by atoms with Gasteiger partial charge in [-0.1, -0.05) is 30.3 Å². The molecule has 98 valence electrons. The number of nitro groups is 1. The van der Waals surface area contributed by atoms with E-state index in [2.05, 4.69) is 0 Å². The summed E-state index contributed by atoms with van der Waals surface area (Å²) in [6.07, 6.45) is 4.18. The van der Waals surface area contributed by atoms with Crippen LogP contribution in [-0.4, -0.2) is 16.2 Å². The topological polar surface area (TPSA) is 60.2 Å². The minimum atomic E-state index is -1.09. The molecule has 1 aromatic carbocycles. The summed E-state index contributed by atoms with van der Waals surface area (Å²) in [6.45, 7) is 0. The zero-order valence-electron chi connectivity index (χ0n) is 10.5. The van der Waals surface area contributed by atoms with Crippen LogP contribution in [0.15, 0.2) is 36.4 Å². The first-order valence-corrected chi connectivity index (χ1v) is 6.59. The molecule has 0 heterocycles. The van der Waals surface area contributed by atoms with Crippen LogP contribution in [0, 0.1) is 16.0 Å². The first-order chi connectivity index (χ1) is 9.14. The van der Waals surface area contributed by atoms with Crippen molar-refractivity contribution in [3.8, 4) is 0 Å². The minimum Gasteiger partial charge on any atom is -0.300 e. The number of rotatable bonds is 3. The molecule has 4 heteroatoms. The number of ketones is 1. The molecule has 1 saturated carbocycles. The third kappa shape index (κ3) is 1.87. The van der Waals surface area contributed by atoms with Crippen molar-refractivity contribution in [2.24, 2.45) is 5.92 Å². The maximum absolute atomic E-state index is 11.6. The molecule has 0 saturated heterocycles. The molecule has 0 aromatic heterocycles. The predicted octanol–water partition coefficient (Wildman–Crippen LogP) is 2.86. The van der Waals surface area contributed by atoms with Crippen LogP contribution in [0.4, 0.5) is 0 Å². The van der Waals surface area contributed by atoms with E-state index in [-0.39, 0.29) is 16.6 Å². The van der Waals surface area contributed by atoms with Gasteiger partial charge in [0, 0.05) is 35.3 Å². The van der Waals surface area contributed by atoms with E-state index in [0.717, 1.165) is 24.0 Å². The predicted molar refractivity (Wildman–Crippen MR) is 71.1 cm³/mol. The average molecular weight is 257 g/mol. The van der Waals surface area contributed by atoms with Crippen LogP contribution in [-0.2, 0) is 4.79 Å². The molecule has 1 aromatic rings. The Labute approximate surface area is 111 Å². The highest BCUT2D eigenvalue weighted by atomic mass is 16.6. The molecule has 4 nitrogen and oxygen atoms in total. The molecule has 0 bridgehead atoms. The largest absolute Gasteiger partial charge is 0.300 e. The molecule has 2 aliphatic rings. The molecule has 1 fully saturated rings.